The van der Waals surface area contributed by atoms with Crippen LogP contribution in [0.25, 0.3) is 11.0 Å². The van der Waals surface area contributed by atoms with Crippen LogP contribution in [0.4, 0.5) is 10.1 Å². The van der Waals surface area contributed by atoms with E-state index in [0.717, 1.165) is 54.7 Å². The van der Waals surface area contributed by atoms with Gasteiger partial charge in [-0.15, -0.1) is 0 Å². The Morgan fingerprint density at radius 1 is 1.24 bits per heavy atom. The topological polar surface area (TPSA) is 93.3 Å². The van der Waals surface area contributed by atoms with E-state index in [1.165, 1.54) is 18.3 Å². The average molecular weight is 484 g/mol. The number of nitrogens with one attached hydrogen (secondary N) is 1. The van der Waals surface area contributed by atoms with Crippen LogP contribution >= 0.6 is 0 Å². The lowest BCUT2D eigenvalue weighted by molar-refractivity contribution is 0.320. The van der Waals surface area contributed by atoms with E-state index >= 15 is 0 Å². The van der Waals surface area contributed by atoms with Crippen molar-refractivity contribution in [2.75, 3.05) is 18.3 Å². The van der Waals surface area contributed by atoms with Gasteiger partial charge in [-0.1, -0.05) is 17.3 Å². The van der Waals surface area contributed by atoms with Gasteiger partial charge in [0.05, 0.1) is 11.9 Å². The first-order valence-corrected chi connectivity index (χ1v) is 12.8. The number of sulfonamides is 1. The average Bonchev–Trinajstić information content (AvgIpc) is 3.49. The predicted octanol–water partition coefficient (Wildman–Crippen LogP) is 3.98. The minimum absolute atomic E-state index is 0.214. The largest absolute Gasteiger partial charge is 0.356 e. The second-order valence-electron chi connectivity index (χ2n) is 8.68. The van der Waals surface area contributed by atoms with Gasteiger partial charge in [0.25, 0.3) is 10.0 Å². The van der Waals surface area contributed by atoms with Gasteiger partial charge in [0, 0.05) is 36.7 Å². The zero-order chi connectivity index (χ0) is 23.7. The van der Waals surface area contributed by atoms with E-state index in [1.807, 2.05) is 25.2 Å². The number of aryl methyl sites for hydroxylation is 2. The summed E-state index contributed by atoms with van der Waals surface area (Å²) in [6, 6.07) is 11.9. The molecule has 0 atom stereocenters. The maximum absolute atomic E-state index is 13.3. The van der Waals surface area contributed by atoms with Crippen molar-refractivity contribution in [1.82, 2.24) is 19.6 Å². The number of hydrogen-bond acceptors (Lipinski definition) is 6. The van der Waals surface area contributed by atoms with E-state index in [9.17, 15) is 12.8 Å². The zero-order valence-corrected chi connectivity index (χ0v) is 19.7. The lowest BCUT2D eigenvalue weighted by Crippen LogP contribution is -2.20. The van der Waals surface area contributed by atoms with Gasteiger partial charge in [-0.2, -0.15) is 8.42 Å². The molecule has 0 fully saturated rings. The van der Waals surface area contributed by atoms with Crippen LogP contribution in [0.3, 0.4) is 0 Å². The lowest BCUT2D eigenvalue weighted by Gasteiger charge is -2.17. The lowest BCUT2D eigenvalue weighted by atomic mass is 10.1. The van der Waals surface area contributed by atoms with Gasteiger partial charge in [0.2, 0.25) is 0 Å². The molecule has 0 aliphatic carbocycles. The third-order valence-corrected chi connectivity index (χ3v) is 7.43. The number of benzene rings is 2. The first kappa shape index (κ1) is 22.5. The molecule has 1 aliphatic heterocycles. The van der Waals surface area contributed by atoms with Gasteiger partial charge in [-0.05, 0) is 62.7 Å². The van der Waals surface area contributed by atoms with E-state index in [4.69, 9.17) is 4.52 Å². The van der Waals surface area contributed by atoms with Crippen molar-refractivity contribution in [3.05, 3.63) is 71.6 Å². The van der Waals surface area contributed by atoms with Crippen molar-refractivity contribution < 1.29 is 17.3 Å². The fraction of sp³-hybridized carbons (Fsp3) is 0.333. The van der Waals surface area contributed by atoms with Crippen LogP contribution in [0.5, 0.6) is 0 Å². The highest BCUT2D eigenvalue weighted by molar-refractivity contribution is 7.92. The molecule has 2 aromatic heterocycles. The summed E-state index contributed by atoms with van der Waals surface area (Å²) in [5.41, 5.74) is 2.82. The second-order valence-corrected chi connectivity index (χ2v) is 10.3. The fourth-order valence-electron chi connectivity index (χ4n) is 4.44. The van der Waals surface area contributed by atoms with E-state index in [-0.39, 0.29) is 10.8 Å². The number of aromatic nitrogens is 3. The number of fused-ring (bicyclic) bond motifs is 2. The van der Waals surface area contributed by atoms with Crippen molar-refractivity contribution in [3.63, 3.8) is 0 Å². The van der Waals surface area contributed by atoms with Crippen LogP contribution < -0.4 is 4.72 Å². The molecule has 0 saturated carbocycles. The van der Waals surface area contributed by atoms with Gasteiger partial charge in [0.1, 0.15) is 11.6 Å². The summed E-state index contributed by atoms with van der Waals surface area (Å²) in [5.74, 6) is 0.482. The van der Waals surface area contributed by atoms with Gasteiger partial charge in [-0.3, -0.25) is 4.72 Å². The molecule has 8 nitrogen and oxygen atoms in total. The molecule has 34 heavy (non-hydrogen) atoms. The molecule has 0 amide bonds. The Balaban J connectivity index is 1.18. The summed E-state index contributed by atoms with van der Waals surface area (Å²) in [6.45, 7) is 2.16. The van der Waals surface area contributed by atoms with Crippen LogP contribution in [0.1, 0.15) is 29.9 Å². The van der Waals surface area contributed by atoms with Crippen LogP contribution in [-0.4, -0.2) is 41.6 Å². The van der Waals surface area contributed by atoms with Crippen molar-refractivity contribution in [1.29, 1.82) is 0 Å². The minimum atomic E-state index is -3.70. The van der Waals surface area contributed by atoms with Crippen molar-refractivity contribution in [2.45, 2.75) is 43.8 Å². The van der Waals surface area contributed by atoms with Gasteiger partial charge >= 0.3 is 0 Å². The Hall–Kier alpha value is -3.24. The Morgan fingerprint density at radius 2 is 2.12 bits per heavy atom. The molecule has 5 rings (SSSR count). The maximum atomic E-state index is 13.3. The highest BCUT2D eigenvalue weighted by atomic mass is 32.2. The maximum Gasteiger partial charge on any atom is 0.279 e. The Kier molecular flexibility index (Phi) is 6.09. The van der Waals surface area contributed by atoms with Crippen LogP contribution in [0, 0.1) is 5.82 Å². The third kappa shape index (κ3) is 4.69. The van der Waals surface area contributed by atoms with Crippen LogP contribution in [0.15, 0.2) is 58.2 Å². The predicted molar refractivity (Wildman–Crippen MR) is 126 cm³/mol. The number of imidazole rings is 1. The standard InChI is InChI=1S/C24H26FN5O3S/c1-29(11-3-7-21-20-10-9-18(25)14-22(20)33-27-21)16-17-5-2-6-19(13-17)28-34(31,32)24-15-26-23-8-4-12-30(23)24/h2,5-6,9-10,13-15,28H,3-4,7-8,11-12,16H2,1H3. The van der Waals surface area contributed by atoms with Crippen molar-refractivity contribution in [2.24, 2.45) is 0 Å². The molecule has 3 heterocycles. The molecule has 10 heteroatoms. The van der Waals surface area contributed by atoms with Crippen LogP contribution in [0.2, 0.25) is 0 Å². The van der Waals surface area contributed by atoms with Crippen molar-refractivity contribution in [3.8, 4) is 0 Å². The summed E-state index contributed by atoms with van der Waals surface area (Å²) < 4.78 is 48.8. The fourth-order valence-corrected chi connectivity index (χ4v) is 5.66. The van der Waals surface area contributed by atoms with Crippen molar-refractivity contribution >= 4 is 26.7 Å². The number of rotatable bonds is 9. The molecule has 0 bridgehead atoms. The summed E-state index contributed by atoms with van der Waals surface area (Å²) >= 11 is 0. The quantitative estimate of drug-likeness (QED) is 0.387. The molecule has 0 saturated heterocycles. The van der Waals surface area contributed by atoms with Crippen LogP contribution in [-0.2, 0) is 36.0 Å². The minimum Gasteiger partial charge on any atom is -0.356 e. The first-order chi connectivity index (χ1) is 16.4. The second kappa shape index (κ2) is 9.19. The molecular formula is C24H26FN5O3S. The summed E-state index contributed by atoms with van der Waals surface area (Å²) in [6.07, 6.45) is 4.73. The van der Waals surface area contributed by atoms with E-state index < -0.39 is 10.0 Å². The molecule has 0 unspecified atom stereocenters. The van der Waals surface area contributed by atoms with E-state index in [2.05, 4.69) is 19.8 Å². The van der Waals surface area contributed by atoms with Gasteiger partial charge in [0.15, 0.2) is 10.6 Å². The van der Waals surface area contributed by atoms with E-state index in [1.54, 1.807) is 16.7 Å². The zero-order valence-electron chi connectivity index (χ0n) is 18.9. The summed E-state index contributed by atoms with van der Waals surface area (Å²) in [5, 5.41) is 5.13. The first-order valence-electron chi connectivity index (χ1n) is 11.3. The smallest absolute Gasteiger partial charge is 0.279 e. The molecule has 1 N–H and O–H groups in total. The molecule has 4 aromatic rings. The third-order valence-electron chi connectivity index (χ3n) is 6.05. The van der Waals surface area contributed by atoms with Gasteiger partial charge < -0.3 is 14.0 Å². The highest BCUT2D eigenvalue weighted by Crippen LogP contribution is 2.23. The molecule has 0 spiro atoms. The highest BCUT2D eigenvalue weighted by Gasteiger charge is 2.25. The summed E-state index contributed by atoms with van der Waals surface area (Å²) in [7, 11) is -1.69. The SMILES string of the molecule is CN(CCCc1noc2cc(F)ccc12)Cc1cccc(NS(=O)(=O)c2cnc3n2CCC3)c1. The molecule has 2 aromatic carbocycles. The normalized spacial score (nSPS) is 13.6. The number of halogens is 1. The Bertz CT molecular complexity index is 1430. The summed E-state index contributed by atoms with van der Waals surface area (Å²) in [4.78, 5) is 6.41. The Labute approximate surface area is 197 Å². The van der Waals surface area contributed by atoms with E-state index in [0.29, 0.717) is 24.4 Å². The molecule has 0 radical (unpaired) electrons. The Morgan fingerprint density at radius 3 is 3.00 bits per heavy atom. The number of nitrogens with zero attached hydrogens (tertiary/aromatic N) is 4. The number of anilines is 1. The monoisotopic (exact) mass is 483 g/mol. The van der Waals surface area contributed by atoms with Gasteiger partial charge in [-0.25, -0.2) is 9.37 Å². The molecular weight excluding hydrogens is 457 g/mol. The molecule has 178 valence electrons. The molecule has 1 aliphatic rings. The number of hydrogen-bond donors (Lipinski definition) is 1.